The van der Waals surface area contributed by atoms with Crippen molar-refractivity contribution in [1.82, 2.24) is 9.55 Å². The second-order valence-electron chi connectivity index (χ2n) is 4.85. The monoisotopic (exact) mass is 279 g/mol. The lowest BCUT2D eigenvalue weighted by Crippen LogP contribution is -1.91. The zero-order valence-electron chi connectivity index (χ0n) is 12.2. The molecule has 0 aliphatic heterocycles. The van der Waals surface area contributed by atoms with Gasteiger partial charge in [-0.1, -0.05) is 30.3 Å². The lowest BCUT2D eigenvalue weighted by atomic mass is 10.2. The van der Waals surface area contributed by atoms with E-state index in [2.05, 4.69) is 16.0 Å². The molecule has 0 bridgehead atoms. The van der Waals surface area contributed by atoms with Gasteiger partial charge in [0.15, 0.2) is 0 Å². The van der Waals surface area contributed by atoms with Crippen LogP contribution in [0, 0.1) is 0 Å². The van der Waals surface area contributed by atoms with Gasteiger partial charge < -0.3 is 9.30 Å². The molecule has 4 heteroatoms. The number of benzene rings is 2. The number of hydrogen-bond donors (Lipinski definition) is 0. The van der Waals surface area contributed by atoms with Gasteiger partial charge in [-0.05, 0) is 12.1 Å². The van der Waals surface area contributed by atoms with Crippen molar-refractivity contribution in [2.24, 2.45) is 12.0 Å². The van der Waals surface area contributed by atoms with Gasteiger partial charge in [0.2, 0.25) is 0 Å². The van der Waals surface area contributed by atoms with Gasteiger partial charge in [-0.2, -0.15) is 0 Å². The minimum atomic E-state index is 0.591. The largest absolute Gasteiger partial charge is 0.496 e. The number of aliphatic imine (C=N–C) groups is 1. The fourth-order valence-corrected chi connectivity index (χ4v) is 2.36. The number of para-hydroxylation sites is 2. The molecule has 0 saturated heterocycles. The van der Waals surface area contributed by atoms with Gasteiger partial charge in [0.25, 0.3) is 0 Å². The van der Waals surface area contributed by atoms with Crippen LogP contribution in [-0.4, -0.2) is 22.9 Å². The van der Waals surface area contributed by atoms with Crippen molar-refractivity contribution in [1.29, 1.82) is 0 Å². The van der Waals surface area contributed by atoms with E-state index in [9.17, 15) is 0 Å². The lowest BCUT2D eigenvalue weighted by Gasteiger charge is -2.05. The standard InChI is InChI=1S/C17H17N3O/c1-20-12-19-17-14(7-5-8-15(17)20)11-18-10-13-6-3-4-9-16(13)21-2/h3-9,11-12H,10H2,1-2H3. The van der Waals surface area contributed by atoms with Gasteiger partial charge in [0.1, 0.15) is 5.75 Å². The van der Waals surface area contributed by atoms with E-state index >= 15 is 0 Å². The van der Waals surface area contributed by atoms with Gasteiger partial charge in [-0.25, -0.2) is 4.98 Å². The Balaban J connectivity index is 1.85. The maximum Gasteiger partial charge on any atom is 0.123 e. The van der Waals surface area contributed by atoms with E-state index in [4.69, 9.17) is 4.74 Å². The third kappa shape index (κ3) is 2.65. The summed E-state index contributed by atoms with van der Waals surface area (Å²) in [6, 6.07) is 14.0. The van der Waals surface area contributed by atoms with Crippen LogP contribution in [-0.2, 0) is 13.6 Å². The quantitative estimate of drug-likeness (QED) is 0.688. The lowest BCUT2D eigenvalue weighted by molar-refractivity contribution is 0.410. The van der Waals surface area contributed by atoms with Crippen LogP contribution in [0.2, 0.25) is 0 Å². The number of methoxy groups -OCH3 is 1. The van der Waals surface area contributed by atoms with Gasteiger partial charge in [0.05, 0.1) is 31.0 Å². The first-order valence-corrected chi connectivity index (χ1v) is 6.81. The first-order chi connectivity index (χ1) is 10.3. The molecule has 0 fully saturated rings. The molecular formula is C17H17N3O. The van der Waals surface area contributed by atoms with E-state index in [1.165, 1.54) is 0 Å². The van der Waals surface area contributed by atoms with Crippen LogP contribution in [0.15, 0.2) is 53.8 Å². The second kappa shape index (κ2) is 5.79. The van der Waals surface area contributed by atoms with Crippen molar-refractivity contribution in [2.45, 2.75) is 6.54 Å². The Kier molecular flexibility index (Phi) is 3.69. The second-order valence-corrected chi connectivity index (χ2v) is 4.85. The average Bonchev–Trinajstić information content (AvgIpc) is 2.90. The van der Waals surface area contributed by atoms with Crippen molar-refractivity contribution in [2.75, 3.05) is 7.11 Å². The molecule has 2 aromatic carbocycles. The molecule has 0 amide bonds. The summed E-state index contributed by atoms with van der Waals surface area (Å²) in [5, 5.41) is 0. The first kappa shape index (κ1) is 13.4. The van der Waals surface area contributed by atoms with Crippen LogP contribution in [0.3, 0.4) is 0 Å². The SMILES string of the molecule is COc1ccccc1CN=Cc1cccc2c1ncn2C. The molecule has 0 aliphatic carbocycles. The molecule has 106 valence electrons. The minimum absolute atomic E-state index is 0.591. The molecule has 0 atom stereocenters. The Labute approximate surface area is 123 Å². The molecule has 1 heterocycles. The number of aromatic nitrogens is 2. The number of rotatable bonds is 4. The van der Waals surface area contributed by atoms with E-state index in [0.29, 0.717) is 6.54 Å². The summed E-state index contributed by atoms with van der Waals surface area (Å²) in [6.07, 6.45) is 3.70. The number of imidazole rings is 1. The van der Waals surface area contributed by atoms with Crippen molar-refractivity contribution < 1.29 is 4.74 Å². The fraction of sp³-hybridized carbons (Fsp3) is 0.176. The molecule has 0 saturated carbocycles. The zero-order chi connectivity index (χ0) is 14.7. The van der Waals surface area contributed by atoms with Gasteiger partial charge in [0, 0.05) is 24.4 Å². The molecule has 0 spiro atoms. The summed E-state index contributed by atoms with van der Waals surface area (Å²) in [6.45, 7) is 0.591. The maximum absolute atomic E-state index is 5.33. The maximum atomic E-state index is 5.33. The van der Waals surface area contributed by atoms with Crippen molar-refractivity contribution in [3.8, 4) is 5.75 Å². The molecular weight excluding hydrogens is 262 g/mol. The van der Waals surface area contributed by atoms with Crippen molar-refractivity contribution >= 4 is 17.2 Å². The first-order valence-electron chi connectivity index (χ1n) is 6.81. The van der Waals surface area contributed by atoms with E-state index in [-0.39, 0.29) is 0 Å². The summed E-state index contributed by atoms with van der Waals surface area (Å²) in [4.78, 5) is 8.95. The predicted molar refractivity (Wildman–Crippen MR) is 85.0 cm³/mol. The molecule has 0 radical (unpaired) electrons. The van der Waals surface area contributed by atoms with Gasteiger partial charge in [-0.15, -0.1) is 0 Å². The Morgan fingerprint density at radius 2 is 2.05 bits per heavy atom. The topological polar surface area (TPSA) is 39.4 Å². The van der Waals surface area contributed by atoms with Crippen molar-refractivity contribution in [3.05, 3.63) is 59.9 Å². The van der Waals surface area contributed by atoms with Crippen LogP contribution in [0.1, 0.15) is 11.1 Å². The van der Waals surface area contributed by atoms with Gasteiger partial charge >= 0.3 is 0 Å². The van der Waals surface area contributed by atoms with E-state index < -0.39 is 0 Å². The number of fused-ring (bicyclic) bond motifs is 1. The highest BCUT2D eigenvalue weighted by Crippen LogP contribution is 2.19. The average molecular weight is 279 g/mol. The molecule has 3 rings (SSSR count). The zero-order valence-corrected chi connectivity index (χ0v) is 12.2. The van der Waals surface area contributed by atoms with Crippen LogP contribution in [0.4, 0.5) is 0 Å². The minimum Gasteiger partial charge on any atom is -0.496 e. The number of hydrogen-bond acceptors (Lipinski definition) is 3. The highest BCUT2D eigenvalue weighted by molar-refractivity contribution is 5.96. The molecule has 1 aromatic heterocycles. The Bertz CT molecular complexity index is 790. The smallest absolute Gasteiger partial charge is 0.123 e. The highest BCUT2D eigenvalue weighted by Gasteiger charge is 2.03. The summed E-state index contributed by atoms with van der Waals surface area (Å²) in [5.41, 5.74) is 4.19. The summed E-state index contributed by atoms with van der Waals surface area (Å²) >= 11 is 0. The molecule has 0 unspecified atom stereocenters. The number of nitrogens with zero attached hydrogens (tertiary/aromatic N) is 3. The normalized spacial score (nSPS) is 11.3. The van der Waals surface area contributed by atoms with Crippen LogP contribution < -0.4 is 4.74 Å². The predicted octanol–water partition coefficient (Wildman–Crippen LogP) is 3.20. The Hall–Kier alpha value is -2.62. The van der Waals surface area contributed by atoms with E-state index in [1.807, 2.05) is 60.6 Å². The third-order valence-corrected chi connectivity index (χ3v) is 3.47. The molecule has 0 aliphatic rings. The van der Waals surface area contributed by atoms with Crippen LogP contribution in [0.5, 0.6) is 5.75 Å². The van der Waals surface area contributed by atoms with Crippen LogP contribution in [0.25, 0.3) is 11.0 Å². The Morgan fingerprint density at radius 1 is 1.19 bits per heavy atom. The molecule has 4 nitrogen and oxygen atoms in total. The molecule has 3 aromatic rings. The molecule has 21 heavy (non-hydrogen) atoms. The Morgan fingerprint density at radius 3 is 2.90 bits per heavy atom. The number of aryl methyl sites for hydroxylation is 1. The molecule has 0 N–H and O–H groups in total. The third-order valence-electron chi connectivity index (χ3n) is 3.47. The van der Waals surface area contributed by atoms with E-state index in [0.717, 1.165) is 27.9 Å². The number of ether oxygens (including phenoxy) is 1. The summed E-state index contributed by atoms with van der Waals surface area (Å²) < 4.78 is 7.34. The summed E-state index contributed by atoms with van der Waals surface area (Å²) in [7, 11) is 3.67. The highest BCUT2D eigenvalue weighted by atomic mass is 16.5. The van der Waals surface area contributed by atoms with Crippen LogP contribution >= 0.6 is 0 Å². The summed E-state index contributed by atoms with van der Waals surface area (Å²) in [5.74, 6) is 0.866. The van der Waals surface area contributed by atoms with E-state index in [1.54, 1.807) is 7.11 Å². The fourth-order valence-electron chi connectivity index (χ4n) is 2.36. The van der Waals surface area contributed by atoms with Gasteiger partial charge in [-0.3, -0.25) is 4.99 Å². The van der Waals surface area contributed by atoms with Crippen molar-refractivity contribution in [3.63, 3.8) is 0 Å².